The fraction of sp³-hybridized carbons (Fsp3) is 0.182. The number of Topliss-reactive ketones (excluding diaryl/α,β-unsaturated/α-hetero) is 1. The Labute approximate surface area is 87.3 Å². The number of carboxylic acids is 1. The lowest BCUT2D eigenvalue weighted by atomic mass is 9.96. The van der Waals surface area contributed by atoms with Crippen LogP contribution in [-0.4, -0.2) is 21.8 Å². The van der Waals surface area contributed by atoms with Crippen LogP contribution in [0.4, 0.5) is 0 Å². The van der Waals surface area contributed by atoms with E-state index >= 15 is 0 Å². The minimum absolute atomic E-state index is 0.128. The van der Waals surface area contributed by atoms with Crippen molar-refractivity contribution in [2.45, 2.75) is 6.42 Å². The Morgan fingerprint density at radius 2 is 2.33 bits per heavy atom. The third-order valence-electron chi connectivity index (χ3n) is 1.96. The molecule has 0 aliphatic heterocycles. The predicted octanol–water partition coefficient (Wildman–Crippen LogP) is 1.54. The van der Waals surface area contributed by atoms with Gasteiger partial charge in [0.1, 0.15) is 5.92 Å². The molecule has 1 atom stereocenters. The summed E-state index contributed by atoms with van der Waals surface area (Å²) in [4.78, 5) is 26.3. The molecule has 0 saturated heterocycles. The Balaban J connectivity index is 2.91. The number of nitrogens with zero attached hydrogens (tertiary/aromatic N) is 1. The molecule has 0 spiro atoms. The molecular weight excluding hydrogens is 194 g/mol. The first-order valence-corrected chi connectivity index (χ1v) is 4.44. The van der Waals surface area contributed by atoms with Gasteiger partial charge in [-0.25, -0.2) is 0 Å². The van der Waals surface area contributed by atoms with Crippen LogP contribution in [0.25, 0.3) is 0 Å². The van der Waals surface area contributed by atoms with E-state index in [0.717, 1.165) is 0 Å². The monoisotopic (exact) mass is 205 g/mol. The molecule has 1 heterocycles. The Morgan fingerprint density at radius 1 is 1.60 bits per heavy atom. The zero-order chi connectivity index (χ0) is 11.3. The molecule has 1 unspecified atom stereocenters. The van der Waals surface area contributed by atoms with Crippen molar-refractivity contribution in [1.82, 2.24) is 4.98 Å². The summed E-state index contributed by atoms with van der Waals surface area (Å²) in [5, 5.41) is 8.85. The number of pyridine rings is 1. The number of ketones is 1. The summed E-state index contributed by atoms with van der Waals surface area (Å²) < 4.78 is 0. The first kappa shape index (κ1) is 11.1. The summed E-state index contributed by atoms with van der Waals surface area (Å²) in [7, 11) is 0. The van der Waals surface area contributed by atoms with Crippen molar-refractivity contribution < 1.29 is 14.7 Å². The van der Waals surface area contributed by atoms with Gasteiger partial charge in [-0.15, -0.1) is 6.58 Å². The van der Waals surface area contributed by atoms with Crippen LogP contribution in [0, 0.1) is 5.92 Å². The Hall–Kier alpha value is -1.97. The zero-order valence-electron chi connectivity index (χ0n) is 8.09. The second kappa shape index (κ2) is 5.05. The van der Waals surface area contributed by atoms with Crippen LogP contribution in [0.3, 0.4) is 0 Å². The van der Waals surface area contributed by atoms with E-state index < -0.39 is 17.7 Å². The molecular formula is C11H11NO3. The number of carbonyl (C=O) groups is 2. The molecule has 0 radical (unpaired) electrons. The minimum atomic E-state index is -1.14. The van der Waals surface area contributed by atoms with Crippen LogP contribution >= 0.6 is 0 Å². The summed E-state index contributed by atoms with van der Waals surface area (Å²) in [6.45, 7) is 3.43. The first-order valence-electron chi connectivity index (χ1n) is 4.44. The molecule has 0 aliphatic rings. The molecule has 1 aromatic rings. The molecule has 1 N–H and O–H groups in total. The zero-order valence-corrected chi connectivity index (χ0v) is 8.09. The molecule has 4 nitrogen and oxygen atoms in total. The summed E-state index contributed by atoms with van der Waals surface area (Å²) in [5.74, 6) is -2.63. The van der Waals surface area contributed by atoms with E-state index in [0.29, 0.717) is 5.56 Å². The first-order chi connectivity index (χ1) is 7.16. The van der Waals surface area contributed by atoms with Gasteiger partial charge in [-0.3, -0.25) is 14.6 Å². The molecule has 78 valence electrons. The fourth-order valence-corrected chi connectivity index (χ4v) is 1.20. The van der Waals surface area contributed by atoms with Crippen molar-refractivity contribution in [2.75, 3.05) is 0 Å². The van der Waals surface area contributed by atoms with Gasteiger partial charge in [-0.05, 0) is 18.6 Å². The SMILES string of the molecule is C=CCC(C(=O)O)C(=O)c1cccnc1. The standard InChI is InChI=1S/C11H11NO3/c1-2-4-9(11(14)15)10(13)8-5-3-6-12-7-8/h2-3,5-7,9H,1,4H2,(H,14,15). The number of carbonyl (C=O) groups excluding carboxylic acids is 1. The highest BCUT2D eigenvalue weighted by Crippen LogP contribution is 2.12. The normalized spacial score (nSPS) is 11.7. The molecule has 1 aromatic heterocycles. The van der Waals surface area contributed by atoms with Crippen LogP contribution < -0.4 is 0 Å². The van der Waals surface area contributed by atoms with Crippen LogP contribution in [0.1, 0.15) is 16.8 Å². The van der Waals surface area contributed by atoms with Gasteiger partial charge in [0, 0.05) is 18.0 Å². The number of rotatable bonds is 5. The van der Waals surface area contributed by atoms with Crippen LogP contribution in [0.2, 0.25) is 0 Å². The predicted molar refractivity (Wildman–Crippen MR) is 54.5 cm³/mol. The van der Waals surface area contributed by atoms with Crippen molar-refractivity contribution in [3.63, 3.8) is 0 Å². The van der Waals surface area contributed by atoms with E-state index in [-0.39, 0.29) is 6.42 Å². The lowest BCUT2D eigenvalue weighted by Gasteiger charge is -2.07. The van der Waals surface area contributed by atoms with Crippen LogP contribution in [0.5, 0.6) is 0 Å². The molecule has 0 fully saturated rings. The molecule has 0 amide bonds. The maximum absolute atomic E-state index is 11.7. The maximum atomic E-state index is 11.7. The molecule has 0 aromatic carbocycles. The topological polar surface area (TPSA) is 67.3 Å². The third-order valence-corrected chi connectivity index (χ3v) is 1.96. The van der Waals surface area contributed by atoms with Gasteiger partial charge in [0.05, 0.1) is 0 Å². The van der Waals surface area contributed by atoms with Crippen LogP contribution in [0.15, 0.2) is 37.2 Å². The number of aliphatic carboxylic acids is 1. The van der Waals surface area contributed by atoms with E-state index in [1.165, 1.54) is 18.5 Å². The van der Waals surface area contributed by atoms with E-state index in [1.54, 1.807) is 12.1 Å². The molecule has 15 heavy (non-hydrogen) atoms. The highest BCUT2D eigenvalue weighted by atomic mass is 16.4. The van der Waals surface area contributed by atoms with E-state index in [1.807, 2.05) is 0 Å². The highest BCUT2D eigenvalue weighted by molar-refractivity contribution is 6.08. The van der Waals surface area contributed by atoms with Crippen molar-refractivity contribution in [1.29, 1.82) is 0 Å². The van der Waals surface area contributed by atoms with E-state index in [9.17, 15) is 9.59 Å². The molecule has 0 saturated carbocycles. The average molecular weight is 205 g/mol. The van der Waals surface area contributed by atoms with Gasteiger partial charge in [-0.2, -0.15) is 0 Å². The van der Waals surface area contributed by atoms with E-state index in [4.69, 9.17) is 5.11 Å². The quantitative estimate of drug-likeness (QED) is 0.450. The maximum Gasteiger partial charge on any atom is 0.314 e. The number of hydrogen-bond donors (Lipinski definition) is 1. The van der Waals surface area contributed by atoms with Crippen molar-refractivity contribution >= 4 is 11.8 Å². The van der Waals surface area contributed by atoms with Crippen molar-refractivity contribution in [3.05, 3.63) is 42.7 Å². The summed E-state index contributed by atoms with van der Waals surface area (Å²) in [6.07, 6.45) is 4.44. The Morgan fingerprint density at radius 3 is 2.80 bits per heavy atom. The summed E-state index contributed by atoms with van der Waals surface area (Å²) in [5.41, 5.74) is 0.312. The second-order valence-corrected chi connectivity index (χ2v) is 3.02. The molecule has 1 rings (SSSR count). The number of carboxylic acid groups (broad SMARTS) is 1. The van der Waals surface area contributed by atoms with Crippen molar-refractivity contribution in [3.8, 4) is 0 Å². The van der Waals surface area contributed by atoms with Crippen LogP contribution in [-0.2, 0) is 4.79 Å². The van der Waals surface area contributed by atoms with Gasteiger partial charge in [0.25, 0.3) is 0 Å². The number of hydrogen-bond acceptors (Lipinski definition) is 3. The molecule has 4 heteroatoms. The van der Waals surface area contributed by atoms with E-state index in [2.05, 4.69) is 11.6 Å². The van der Waals surface area contributed by atoms with Crippen molar-refractivity contribution in [2.24, 2.45) is 5.92 Å². The Kier molecular flexibility index (Phi) is 3.74. The number of aromatic nitrogens is 1. The lowest BCUT2D eigenvalue weighted by Crippen LogP contribution is -2.23. The Bertz CT molecular complexity index is 373. The third kappa shape index (κ3) is 2.74. The molecule has 0 aliphatic carbocycles. The largest absolute Gasteiger partial charge is 0.481 e. The summed E-state index contributed by atoms with van der Waals surface area (Å²) in [6, 6.07) is 3.15. The van der Waals surface area contributed by atoms with Gasteiger partial charge < -0.3 is 5.11 Å². The van der Waals surface area contributed by atoms with Gasteiger partial charge in [0.15, 0.2) is 5.78 Å². The summed E-state index contributed by atoms with van der Waals surface area (Å²) >= 11 is 0. The smallest absolute Gasteiger partial charge is 0.314 e. The van der Waals surface area contributed by atoms with Gasteiger partial charge >= 0.3 is 5.97 Å². The van der Waals surface area contributed by atoms with Gasteiger partial charge in [0.2, 0.25) is 0 Å². The minimum Gasteiger partial charge on any atom is -0.481 e. The second-order valence-electron chi connectivity index (χ2n) is 3.02. The lowest BCUT2D eigenvalue weighted by molar-refractivity contribution is -0.139. The molecule has 0 bridgehead atoms. The average Bonchev–Trinajstić information content (AvgIpc) is 2.26. The fourth-order valence-electron chi connectivity index (χ4n) is 1.20. The highest BCUT2D eigenvalue weighted by Gasteiger charge is 2.25. The van der Waals surface area contributed by atoms with Gasteiger partial charge in [-0.1, -0.05) is 6.08 Å². The number of allylic oxidation sites excluding steroid dienone is 1.